The van der Waals surface area contributed by atoms with Crippen LogP contribution in [0.2, 0.25) is 0 Å². The zero-order valence-electron chi connectivity index (χ0n) is 12.2. The van der Waals surface area contributed by atoms with Crippen molar-refractivity contribution in [1.82, 2.24) is 0 Å². The summed E-state index contributed by atoms with van der Waals surface area (Å²) in [6.07, 6.45) is -3.06. The van der Waals surface area contributed by atoms with E-state index in [4.69, 9.17) is 42.1 Å². The maximum Gasteiger partial charge on any atom is 0.320 e. The van der Waals surface area contributed by atoms with Gasteiger partial charge in [-0.1, -0.05) is 6.42 Å². The van der Waals surface area contributed by atoms with Crippen LogP contribution < -0.4 is 11.5 Å². The summed E-state index contributed by atoms with van der Waals surface area (Å²) >= 11 is 0. The molecule has 0 saturated carbocycles. The number of carbonyl (C=O) groups excluding carboxylic acids is 1. The van der Waals surface area contributed by atoms with Crippen molar-refractivity contribution in [2.75, 3.05) is 19.8 Å². The number of rotatable bonds is 10. The Labute approximate surface area is 128 Å². The molecule has 10 heteroatoms. The van der Waals surface area contributed by atoms with Gasteiger partial charge in [0.1, 0.15) is 31.0 Å². The molecule has 0 aliphatic rings. The largest absolute Gasteiger partial charge is 0.480 e. The monoisotopic (exact) mass is 326 g/mol. The van der Waals surface area contributed by atoms with E-state index in [0.717, 1.165) is 12.8 Å². The van der Waals surface area contributed by atoms with Crippen LogP contribution in [0.15, 0.2) is 0 Å². The molecule has 0 rings (SSSR count). The highest BCUT2D eigenvalue weighted by molar-refractivity contribution is 5.84. The number of aliphatic hydroxyl groups is 5. The smallest absolute Gasteiger partial charge is 0.320 e. The predicted molar refractivity (Wildman–Crippen MR) is 75.7 cm³/mol. The lowest BCUT2D eigenvalue weighted by molar-refractivity contribution is -0.142. The molecule has 0 heterocycles. The van der Waals surface area contributed by atoms with Crippen molar-refractivity contribution >= 4 is 11.8 Å². The van der Waals surface area contributed by atoms with E-state index in [9.17, 15) is 9.59 Å². The lowest BCUT2D eigenvalue weighted by atomic mass is 10.1. The Kier molecular flexibility index (Phi) is 14.2. The molecule has 0 radical (unpaired) electrons. The molecule has 10 nitrogen and oxygen atoms in total. The molecule has 0 aromatic rings. The van der Waals surface area contributed by atoms with Crippen LogP contribution in [-0.4, -0.2) is 86.5 Å². The predicted octanol–water partition coefficient (Wildman–Crippen LogP) is -3.85. The van der Waals surface area contributed by atoms with Gasteiger partial charge in [0.15, 0.2) is 5.78 Å². The summed E-state index contributed by atoms with van der Waals surface area (Å²) in [5, 5.41) is 51.4. The number of aliphatic carboxylic acids is 1. The van der Waals surface area contributed by atoms with Crippen LogP contribution in [0.5, 0.6) is 0 Å². The number of ketones is 1. The summed E-state index contributed by atoms with van der Waals surface area (Å²) in [6, 6.07) is -0.716. The third-order valence-electron chi connectivity index (χ3n) is 2.68. The zero-order chi connectivity index (χ0) is 17.7. The molecule has 0 unspecified atom stereocenters. The number of Topliss-reactive ketones (excluding diaryl/α,β-unsaturated/α-hetero) is 1. The topological polar surface area (TPSA) is 208 Å². The second-order valence-electron chi connectivity index (χ2n) is 4.54. The van der Waals surface area contributed by atoms with E-state index in [0.29, 0.717) is 13.0 Å². The van der Waals surface area contributed by atoms with Crippen LogP contribution >= 0.6 is 0 Å². The molecular weight excluding hydrogens is 300 g/mol. The maximum absolute atomic E-state index is 10.5. The van der Waals surface area contributed by atoms with Gasteiger partial charge in [-0.2, -0.15) is 0 Å². The van der Waals surface area contributed by atoms with Crippen molar-refractivity contribution < 1.29 is 40.2 Å². The van der Waals surface area contributed by atoms with E-state index in [1.807, 2.05) is 0 Å². The fourth-order valence-electron chi connectivity index (χ4n) is 1.23. The number of carboxylic acid groups (broad SMARTS) is 1. The first-order valence-corrected chi connectivity index (χ1v) is 6.69. The molecule has 4 atom stereocenters. The first-order valence-electron chi connectivity index (χ1n) is 6.69. The molecule has 0 aromatic carbocycles. The fourth-order valence-corrected chi connectivity index (χ4v) is 1.23. The molecular formula is C12H26N2O8. The summed E-state index contributed by atoms with van der Waals surface area (Å²) in [5.74, 6) is -1.94. The number of carboxylic acids is 1. The van der Waals surface area contributed by atoms with E-state index >= 15 is 0 Å². The van der Waals surface area contributed by atoms with Gasteiger partial charge >= 0.3 is 5.97 Å². The van der Waals surface area contributed by atoms with Crippen molar-refractivity contribution in [2.24, 2.45) is 11.5 Å². The quantitative estimate of drug-likeness (QED) is 0.183. The highest BCUT2D eigenvalue weighted by atomic mass is 16.4. The zero-order valence-corrected chi connectivity index (χ0v) is 12.2. The van der Waals surface area contributed by atoms with Crippen LogP contribution in [-0.2, 0) is 9.59 Å². The van der Waals surface area contributed by atoms with Gasteiger partial charge in [-0.15, -0.1) is 0 Å². The van der Waals surface area contributed by atoms with E-state index in [1.165, 1.54) is 0 Å². The van der Waals surface area contributed by atoms with Crippen LogP contribution in [0, 0.1) is 0 Å². The average molecular weight is 326 g/mol. The number of hydrogen-bond acceptors (Lipinski definition) is 9. The van der Waals surface area contributed by atoms with Gasteiger partial charge in [-0.3, -0.25) is 9.59 Å². The molecule has 0 aliphatic carbocycles. The molecule has 10 N–H and O–H groups in total. The maximum atomic E-state index is 10.5. The second kappa shape index (κ2) is 13.5. The summed E-state index contributed by atoms with van der Waals surface area (Å²) in [6.45, 7) is -1.08. The lowest BCUT2D eigenvalue weighted by Gasteiger charge is -2.19. The Morgan fingerprint density at radius 2 is 1.59 bits per heavy atom. The van der Waals surface area contributed by atoms with Crippen molar-refractivity contribution in [3.8, 4) is 0 Å². The van der Waals surface area contributed by atoms with Crippen molar-refractivity contribution in [3.63, 3.8) is 0 Å². The first kappa shape index (κ1) is 23.1. The van der Waals surface area contributed by atoms with Gasteiger partial charge in [0.2, 0.25) is 0 Å². The van der Waals surface area contributed by atoms with E-state index in [1.54, 1.807) is 0 Å². The minimum atomic E-state index is -1.86. The third-order valence-corrected chi connectivity index (χ3v) is 2.68. The highest BCUT2D eigenvalue weighted by Gasteiger charge is 2.28. The summed E-state index contributed by atoms with van der Waals surface area (Å²) in [7, 11) is 0. The number of hydrogen-bond donors (Lipinski definition) is 8. The molecule has 0 saturated heterocycles. The van der Waals surface area contributed by atoms with Crippen LogP contribution in [0.3, 0.4) is 0 Å². The average Bonchev–Trinajstić information content (AvgIpc) is 2.52. The van der Waals surface area contributed by atoms with E-state index in [-0.39, 0.29) is 0 Å². The Bertz CT molecular complexity index is 316. The van der Waals surface area contributed by atoms with E-state index in [2.05, 4.69) is 0 Å². The van der Waals surface area contributed by atoms with Gasteiger partial charge in [-0.05, 0) is 19.4 Å². The van der Waals surface area contributed by atoms with Gasteiger partial charge in [0, 0.05) is 0 Å². The van der Waals surface area contributed by atoms with Crippen LogP contribution in [0.25, 0.3) is 0 Å². The lowest BCUT2D eigenvalue weighted by Crippen LogP contribution is -2.44. The summed E-state index contributed by atoms with van der Waals surface area (Å²) < 4.78 is 0. The third kappa shape index (κ3) is 10.6. The fraction of sp³-hybridized carbons (Fsp3) is 0.833. The molecule has 0 spiro atoms. The van der Waals surface area contributed by atoms with Crippen LogP contribution in [0.4, 0.5) is 0 Å². The molecule has 22 heavy (non-hydrogen) atoms. The Balaban J connectivity index is 0. The number of carbonyl (C=O) groups is 2. The Hall–Kier alpha value is -1.14. The van der Waals surface area contributed by atoms with Gasteiger partial charge < -0.3 is 42.1 Å². The minimum absolute atomic E-state index is 0.520. The van der Waals surface area contributed by atoms with Gasteiger partial charge in [0.25, 0.3) is 0 Å². The highest BCUT2D eigenvalue weighted by Crippen LogP contribution is 2.00. The Morgan fingerprint density at radius 1 is 1.05 bits per heavy atom. The molecule has 0 aromatic heterocycles. The summed E-state index contributed by atoms with van der Waals surface area (Å²) in [4.78, 5) is 20.7. The first-order chi connectivity index (χ1) is 10.2. The van der Waals surface area contributed by atoms with E-state index < -0.39 is 49.3 Å². The molecule has 0 fully saturated rings. The van der Waals surface area contributed by atoms with Crippen molar-refractivity contribution in [2.45, 2.75) is 43.6 Å². The minimum Gasteiger partial charge on any atom is -0.480 e. The van der Waals surface area contributed by atoms with Gasteiger partial charge in [-0.25, -0.2) is 0 Å². The SMILES string of the molecule is NCCCC[C@H](N)C(=O)O.O=C(CO)[C@@H](O)[C@@H](O)[C@H](O)CO. The summed E-state index contributed by atoms with van der Waals surface area (Å²) in [5.41, 5.74) is 10.4. The Morgan fingerprint density at radius 3 is 1.95 bits per heavy atom. The van der Waals surface area contributed by atoms with Gasteiger partial charge in [0.05, 0.1) is 6.61 Å². The molecule has 0 aliphatic heterocycles. The second-order valence-corrected chi connectivity index (χ2v) is 4.54. The van der Waals surface area contributed by atoms with Crippen molar-refractivity contribution in [1.29, 1.82) is 0 Å². The van der Waals surface area contributed by atoms with Crippen LogP contribution in [0.1, 0.15) is 19.3 Å². The molecule has 0 amide bonds. The van der Waals surface area contributed by atoms with Crippen molar-refractivity contribution in [3.05, 3.63) is 0 Å². The molecule has 0 bridgehead atoms. The standard InChI is InChI=1S/C6H14N2O2.C6H12O6/c7-4-2-1-3-5(8)6(9)10;7-1-3(9)5(11)6(12)4(10)2-8/h5H,1-4,7-8H2,(H,9,10);3,5-9,11-12H,1-2H2/t5-;3-,5+,6-/m01/s1. The number of nitrogens with two attached hydrogens (primary N) is 2. The number of unbranched alkanes of at least 4 members (excludes halogenated alkanes) is 1. The number of aliphatic hydroxyl groups excluding tert-OH is 5. The molecule has 132 valence electrons. The normalized spacial score (nSPS) is 16.0.